The van der Waals surface area contributed by atoms with Crippen molar-refractivity contribution in [1.82, 2.24) is 9.80 Å². The molecule has 188 valence electrons. The van der Waals surface area contributed by atoms with Gasteiger partial charge in [0.15, 0.2) is 11.5 Å². The van der Waals surface area contributed by atoms with E-state index < -0.39 is 17.7 Å². The summed E-state index contributed by atoms with van der Waals surface area (Å²) >= 11 is 0. The normalized spacial score (nSPS) is 17.2. The molecule has 8 nitrogen and oxygen atoms in total. The van der Waals surface area contributed by atoms with E-state index in [2.05, 4.69) is 0 Å². The van der Waals surface area contributed by atoms with Gasteiger partial charge in [-0.25, -0.2) is 0 Å². The van der Waals surface area contributed by atoms with Crippen LogP contribution in [0.3, 0.4) is 0 Å². The number of nitrogens with zero attached hydrogens (tertiary/aromatic N) is 2. The van der Waals surface area contributed by atoms with Gasteiger partial charge in [-0.1, -0.05) is 18.2 Å². The number of amides is 1. The van der Waals surface area contributed by atoms with E-state index >= 15 is 0 Å². The zero-order valence-corrected chi connectivity index (χ0v) is 21.0. The lowest BCUT2D eigenvalue weighted by Gasteiger charge is -2.26. The first kappa shape index (κ1) is 26.1. The predicted octanol–water partition coefficient (Wildman–Crippen LogP) is 3.87. The van der Waals surface area contributed by atoms with E-state index in [1.807, 2.05) is 32.8 Å². The Balaban J connectivity index is 2.13. The van der Waals surface area contributed by atoms with Crippen molar-refractivity contribution >= 4 is 17.4 Å². The van der Waals surface area contributed by atoms with E-state index in [1.165, 1.54) is 12.0 Å². The Morgan fingerprint density at radius 1 is 1.03 bits per heavy atom. The average molecular weight is 483 g/mol. The van der Waals surface area contributed by atoms with Gasteiger partial charge in [0.1, 0.15) is 11.5 Å². The lowest BCUT2D eigenvalue weighted by atomic mass is 9.95. The molecule has 8 heteroatoms. The first-order chi connectivity index (χ1) is 16.8. The summed E-state index contributed by atoms with van der Waals surface area (Å²) in [4.78, 5) is 29.9. The lowest BCUT2D eigenvalue weighted by molar-refractivity contribution is -0.139. The van der Waals surface area contributed by atoms with Gasteiger partial charge in [-0.3, -0.25) is 9.59 Å². The number of benzene rings is 2. The molecule has 2 aromatic carbocycles. The van der Waals surface area contributed by atoms with E-state index in [4.69, 9.17) is 14.2 Å². The minimum Gasteiger partial charge on any atom is -0.507 e. The summed E-state index contributed by atoms with van der Waals surface area (Å²) < 4.78 is 16.7. The number of carbonyl (C=O) groups excluding carboxylic acids is 2. The number of aliphatic hydroxyl groups is 1. The molecule has 1 saturated heterocycles. The maximum absolute atomic E-state index is 13.2. The Morgan fingerprint density at radius 2 is 1.77 bits per heavy atom. The first-order valence-electron chi connectivity index (χ1n) is 11.8. The largest absolute Gasteiger partial charge is 0.507 e. The van der Waals surface area contributed by atoms with E-state index in [-0.39, 0.29) is 11.3 Å². The van der Waals surface area contributed by atoms with E-state index in [0.29, 0.717) is 54.6 Å². The van der Waals surface area contributed by atoms with Gasteiger partial charge in [0.25, 0.3) is 11.7 Å². The van der Waals surface area contributed by atoms with Crippen LogP contribution in [0.25, 0.3) is 5.76 Å². The number of hydrogen-bond acceptors (Lipinski definition) is 7. The molecule has 2 aromatic rings. The standard InChI is InChI=1S/C27H34N2O6/c1-6-34-20-11-8-10-19(16-20)25(30)23-24(18-12-13-21(35-7-2)22(17-18)33-5)29(27(32)26(23)31)15-9-14-28(3)4/h8,10-13,16-17,24,30H,6-7,9,14-15H2,1-5H3. The molecule has 35 heavy (non-hydrogen) atoms. The highest BCUT2D eigenvalue weighted by Gasteiger charge is 2.46. The fourth-order valence-electron chi connectivity index (χ4n) is 4.20. The highest BCUT2D eigenvalue weighted by atomic mass is 16.5. The van der Waals surface area contributed by atoms with Crippen molar-refractivity contribution in [3.8, 4) is 17.2 Å². The van der Waals surface area contributed by atoms with Crippen LogP contribution in [-0.2, 0) is 9.59 Å². The van der Waals surface area contributed by atoms with Gasteiger partial charge in [-0.05, 0) is 70.7 Å². The molecule has 0 bridgehead atoms. The molecule has 1 atom stereocenters. The molecule has 0 saturated carbocycles. The number of likely N-dealkylation sites (tertiary alicyclic amines) is 1. The molecule has 1 fully saturated rings. The molecule has 1 aliphatic heterocycles. The van der Waals surface area contributed by atoms with Crippen molar-refractivity contribution in [3.05, 3.63) is 59.2 Å². The van der Waals surface area contributed by atoms with Crippen LogP contribution in [0.15, 0.2) is 48.0 Å². The van der Waals surface area contributed by atoms with Crippen LogP contribution in [-0.4, -0.2) is 74.1 Å². The van der Waals surface area contributed by atoms with Crippen molar-refractivity contribution < 1.29 is 28.9 Å². The molecular formula is C27H34N2O6. The third-order valence-corrected chi connectivity index (χ3v) is 5.77. The quantitative estimate of drug-likeness (QED) is 0.296. The molecule has 1 N–H and O–H groups in total. The number of Topliss-reactive ketones (excluding diaryl/α,β-unsaturated/α-hetero) is 1. The topological polar surface area (TPSA) is 88.5 Å². The smallest absolute Gasteiger partial charge is 0.295 e. The highest BCUT2D eigenvalue weighted by molar-refractivity contribution is 6.46. The second-order valence-electron chi connectivity index (χ2n) is 8.45. The fourth-order valence-corrected chi connectivity index (χ4v) is 4.20. The second-order valence-corrected chi connectivity index (χ2v) is 8.45. The van der Waals surface area contributed by atoms with Crippen molar-refractivity contribution in [2.24, 2.45) is 0 Å². The van der Waals surface area contributed by atoms with Gasteiger partial charge < -0.3 is 29.1 Å². The summed E-state index contributed by atoms with van der Waals surface area (Å²) in [5.74, 6) is 0.0272. The minimum atomic E-state index is -0.766. The number of hydrogen-bond donors (Lipinski definition) is 1. The first-order valence-corrected chi connectivity index (χ1v) is 11.8. The van der Waals surface area contributed by atoms with Gasteiger partial charge >= 0.3 is 0 Å². The van der Waals surface area contributed by atoms with Crippen LogP contribution in [0.2, 0.25) is 0 Å². The summed E-state index contributed by atoms with van der Waals surface area (Å²) in [6.45, 7) is 5.78. The number of rotatable bonds is 11. The predicted molar refractivity (Wildman–Crippen MR) is 134 cm³/mol. The Kier molecular flexibility index (Phi) is 8.76. The Morgan fingerprint density at radius 3 is 2.43 bits per heavy atom. The molecule has 0 aliphatic carbocycles. The molecule has 1 heterocycles. The van der Waals surface area contributed by atoms with Crippen LogP contribution >= 0.6 is 0 Å². The third-order valence-electron chi connectivity index (χ3n) is 5.77. The summed E-state index contributed by atoms with van der Waals surface area (Å²) in [6.07, 6.45) is 0.671. The molecule has 0 aromatic heterocycles. The van der Waals surface area contributed by atoms with Crippen molar-refractivity contribution in [1.29, 1.82) is 0 Å². The van der Waals surface area contributed by atoms with Gasteiger partial charge in [0.2, 0.25) is 0 Å². The van der Waals surface area contributed by atoms with Gasteiger partial charge in [0.05, 0.1) is 31.9 Å². The molecule has 0 spiro atoms. The Labute approximate surface area is 206 Å². The van der Waals surface area contributed by atoms with Crippen molar-refractivity contribution in [3.63, 3.8) is 0 Å². The van der Waals surface area contributed by atoms with Gasteiger partial charge in [0, 0.05) is 12.1 Å². The number of ketones is 1. The summed E-state index contributed by atoms with van der Waals surface area (Å²) in [7, 11) is 5.44. The zero-order chi connectivity index (χ0) is 25.5. The van der Waals surface area contributed by atoms with Crippen LogP contribution in [0.1, 0.15) is 37.4 Å². The van der Waals surface area contributed by atoms with Crippen molar-refractivity contribution in [2.75, 3.05) is 47.5 Å². The average Bonchev–Trinajstić information content (AvgIpc) is 3.09. The molecule has 1 amide bonds. The monoisotopic (exact) mass is 482 g/mol. The Bertz CT molecular complexity index is 1090. The number of ether oxygens (including phenoxy) is 3. The van der Waals surface area contributed by atoms with Crippen LogP contribution < -0.4 is 14.2 Å². The molecule has 0 radical (unpaired) electrons. The Hall–Kier alpha value is -3.52. The van der Waals surface area contributed by atoms with Gasteiger partial charge in [-0.15, -0.1) is 0 Å². The number of methoxy groups -OCH3 is 1. The molecule has 1 unspecified atom stereocenters. The summed E-state index contributed by atoms with van der Waals surface area (Å²) in [5, 5.41) is 11.3. The molecule has 1 aliphatic rings. The lowest BCUT2D eigenvalue weighted by Crippen LogP contribution is -2.32. The summed E-state index contributed by atoms with van der Waals surface area (Å²) in [5.41, 5.74) is 1.10. The van der Waals surface area contributed by atoms with E-state index in [9.17, 15) is 14.7 Å². The van der Waals surface area contributed by atoms with Crippen LogP contribution in [0, 0.1) is 0 Å². The maximum Gasteiger partial charge on any atom is 0.295 e. The van der Waals surface area contributed by atoms with Crippen LogP contribution in [0.4, 0.5) is 0 Å². The highest BCUT2D eigenvalue weighted by Crippen LogP contribution is 2.42. The minimum absolute atomic E-state index is 0.0414. The summed E-state index contributed by atoms with van der Waals surface area (Å²) in [6, 6.07) is 11.4. The third kappa shape index (κ3) is 5.77. The van der Waals surface area contributed by atoms with E-state index in [0.717, 1.165) is 6.54 Å². The van der Waals surface area contributed by atoms with Crippen molar-refractivity contribution in [2.45, 2.75) is 26.3 Å². The molecule has 3 rings (SSSR count). The SMILES string of the molecule is CCOc1cccc(C(O)=C2C(=O)C(=O)N(CCCN(C)C)C2c2ccc(OCC)c(OC)c2)c1. The molecular weight excluding hydrogens is 448 g/mol. The number of aliphatic hydroxyl groups excluding tert-OH is 1. The van der Waals surface area contributed by atoms with Gasteiger partial charge in [-0.2, -0.15) is 0 Å². The maximum atomic E-state index is 13.2. The fraction of sp³-hybridized carbons (Fsp3) is 0.407. The zero-order valence-electron chi connectivity index (χ0n) is 21.0. The number of carbonyl (C=O) groups is 2. The van der Waals surface area contributed by atoms with E-state index in [1.54, 1.807) is 42.5 Å². The van der Waals surface area contributed by atoms with Crippen LogP contribution in [0.5, 0.6) is 17.2 Å². The second kappa shape index (κ2) is 11.8.